The average molecular weight is 177 g/mol. The molecule has 0 rings (SSSR count). The van der Waals surface area contributed by atoms with Crippen molar-refractivity contribution in [2.24, 2.45) is 5.84 Å². The maximum absolute atomic E-state index is 8.45. The predicted molar refractivity (Wildman–Crippen MR) is 43.0 cm³/mol. The third-order valence-corrected chi connectivity index (χ3v) is 0.786. The average Bonchev–Trinajstić information content (AvgIpc) is 1.68. The Bertz CT molecular complexity index is 54.5. The van der Waals surface area contributed by atoms with Crippen molar-refractivity contribution >= 4 is 24.8 Å². The summed E-state index contributed by atoms with van der Waals surface area (Å²) in [7, 11) is 0. The molecule has 0 heterocycles. The number of nitrogens with two attached hydrogens (primary N) is 1. The van der Waals surface area contributed by atoms with E-state index in [9.17, 15) is 0 Å². The number of aliphatic hydroxyl groups is 1. The fraction of sp³-hybridized carbons (Fsp3) is 1.00. The van der Waals surface area contributed by atoms with E-state index in [1.807, 2.05) is 13.8 Å². The van der Waals surface area contributed by atoms with Crippen LogP contribution in [0, 0.1) is 0 Å². The molecule has 0 radical (unpaired) electrons. The molecule has 5 heteroatoms. The molecule has 0 fully saturated rings. The number of hydrazine groups is 1. The largest absolute Gasteiger partial charge is 0.394 e. The molecule has 0 saturated heterocycles. The van der Waals surface area contributed by atoms with Gasteiger partial charge in [-0.25, -0.2) is 0 Å². The molecule has 4 N–H and O–H groups in total. The third kappa shape index (κ3) is 8.46. The van der Waals surface area contributed by atoms with Gasteiger partial charge in [-0.15, -0.1) is 24.8 Å². The lowest BCUT2D eigenvalue weighted by molar-refractivity contribution is 0.190. The van der Waals surface area contributed by atoms with E-state index < -0.39 is 0 Å². The van der Waals surface area contributed by atoms with Gasteiger partial charge in [0.05, 0.1) is 6.61 Å². The summed E-state index contributed by atoms with van der Waals surface area (Å²) in [5.41, 5.74) is 2.11. The topological polar surface area (TPSA) is 58.3 Å². The Balaban J connectivity index is -0.000000180. The van der Waals surface area contributed by atoms with Crippen molar-refractivity contribution in [3.05, 3.63) is 0 Å². The van der Waals surface area contributed by atoms with Gasteiger partial charge in [0.1, 0.15) is 0 Å². The highest BCUT2D eigenvalue weighted by molar-refractivity contribution is 5.85. The molecule has 9 heavy (non-hydrogen) atoms. The molecule has 0 unspecified atom stereocenters. The third-order valence-electron chi connectivity index (χ3n) is 0.786. The summed E-state index contributed by atoms with van der Waals surface area (Å²) in [4.78, 5) is 0. The lowest BCUT2D eigenvalue weighted by Crippen LogP contribution is -2.46. The van der Waals surface area contributed by atoms with Crippen molar-refractivity contribution in [2.45, 2.75) is 19.4 Å². The van der Waals surface area contributed by atoms with Crippen LogP contribution in [0.15, 0.2) is 0 Å². The number of hydrogen-bond donors (Lipinski definition) is 3. The molecule has 0 saturated carbocycles. The molecule has 0 aromatic heterocycles. The first-order valence-corrected chi connectivity index (χ1v) is 2.21. The molecule has 60 valence electrons. The van der Waals surface area contributed by atoms with E-state index in [2.05, 4.69) is 5.43 Å². The van der Waals surface area contributed by atoms with Gasteiger partial charge in [0, 0.05) is 5.54 Å². The molecule has 0 aromatic carbocycles. The molecule has 3 nitrogen and oxygen atoms in total. The summed E-state index contributed by atoms with van der Waals surface area (Å²) >= 11 is 0. The minimum Gasteiger partial charge on any atom is -0.394 e. The molecule has 0 aromatic rings. The van der Waals surface area contributed by atoms with Crippen molar-refractivity contribution in [3.8, 4) is 0 Å². The predicted octanol–water partition coefficient (Wildman–Crippen LogP) is 0.0642. The summed E-state index contributed by atoms with van der Waals surface area (Å²) in [6.45, 7) is 3.68. The molecular weight excluding hydrogens is 163 g/mol. The second-order valence-electron chi connectivity index (χ2n) is 2.19. The first kappa shape index (κ1) is 16.2. The second-order valence-corrected chi connectivity index (χ2v) is 2.19. The van der Waals surface area contributed by atoms with Crippen LogP contribution in [0.3, 0.4) is 0 Å². The first-order valence-electron chi connectivity index (χ1n) is 2.21. The standard InChI is InChI=1S/C4H12N2O.2ClH/c1-4(2,3-7)6-5;;/h6-7H,3,5H2,1-2H3;2*1H. The highest BCUT2D eigenvalue weighted by Crippen LogP contribution is 1.94. The Morgan fingerprint density at radius 2 is 1.78 bits per heavy atom. The number of hydrogen-bond acceptors (Lipinski definition) is 3. The molecule has 0 atom stereocenters. The summed E-state index contributed by atoms with van der Waals surface area (Å²) in [5, 5.41) is 8.45. The minimum absolute atomic E-state index is 0. The minimum atomic E-state index is -0.333. The van der Waals surface area contributed by atoms with E-state index in [1.54, 1.807) is 0 Å². The van der Waals surface area contributed by atoms with Gasteiger partial charge in [-0.3, -0.25) is 11.3 Å². The summed E-state index contributed by atoms with van der Waals surface area (Å²) < 4.78 is 0. The van der Waals surface area contributed by atoms with Crippen molar-refractivity contribution in [1.82, 2.24) is 5.43 Å². The molecule has 0 aliphatic carbocycles. The van der Waals surface area contributed by atoms with Crippen LogP contribution in [0.5, 0.6) is 0 Å². The van der Waals surface area contributed by atoms with Gasteiger partial charge in [0.2, 0.25) is 0 Å². The number of rotatable bonds is 2. The van der Waals surface area contributed by atoms with Crippen molar-refractivity contribution in [3.63, 3.8) is 0 Å². The zero-order valence-electron chi connectivity index (χ0n) is 5.55. The van der Waals surface area contributed by atoms with Crippen LogP contribution in [0.4, 0.5) is 0 Å². The fourth-order valence-electron chi connectivity index (χ4n) is 0.0456. The number of nitrogens with one attached hydrogen (secondary N) is 1. The van der Waals surface area contributed by atoms with Crippen LogP contribution in [-0.2, 0) is 0 Å². The smallest absolute Gasteiger partial charge is 0.0620 e. The van der Waals surface area contributed by atoms with E-state index in [4.69, 9.17) is 10.9 Å². The van der Waals surface area contributed by atoms with Gasteiger partial charge in [-0.2, -0.15) is 0 Å². The summed E-state index contributed by atoms with van der Waals surface area (Å²) in [5.74, 6) is 5.01. The van der Waals surface area contributed by atoms with Gasteiger partial charge in [-0.05, 0) is 13.8 Å². The van der Waals surface area contributed by atoms with Gasteiger partial charge >= 0.3 is 0 Å². The van der Waals surface area contributed by atoms with Crippen LogP contribution in [-0.4, -0.2) is 17.3 Å². The molecule has 0 amide bonds. The SMILES string of the molecule is CC(C)(CO)NN.Cl.Cl. The second kappa shape index (κ2) is 6.58. The van der Waals surface area contributed by atoms with E-state index in [1.165, 1.54) is 0 Å². The van der Waals surface area contributed by atoms with Gasteiger partial charge < -0.3 is 5.11 Å². The van der Waals surface area contributed by atoms with Crippen LogP contribution in [0.1, 0.15) is 13.8 Å². The van der Waals surface area contributed by atoms with Crippen LogP contribution < -0.4 is 11.3 Å². The molecule has 0 bridgehead atoms. The Morgan fingerprint density at radius 1 is 1.44 bits per heavy atom. The van der Waals surface area contributed by atoms with Crippen LogP contribution in [0.25, 0.3) is 0 Å². The maximum Gasteiger partial charge on any atom is 0.0620 e. The quantitative estimate of drug-likeness (QED) is 0.413. The molecule has 0 aliphatic rings. The lowest BCUT2D eigenvalue weighted by atomic mass is 10.1. The highest BCUT2D eigenvalue weighted by atomic mass is 35.5. The molecule has 0 aliphatic heterocycles. The zero-order valence-corrected chi connectivity index (χ0v) is 7.18. The van der Waals surface area contributed by atoms with Crippen molar-refractivity contribution < 1.29 is 5.11 Å². The number of halogens is 2. The first-order chi connectivity index (χ1) is 3.12. The Hall–Kier alpha value is 0.460. The Labute approximate surface area is 67.8 Å². The fourth-order valence-corrected chi connectivity index (χ4v) is 0.0456. The summed E-state index contributed by atoms with van der Waals surface area (Å²) in [6, 6.07) is 0. The van der Waals surface area contributed by atoms with Gasteiger partial charge in [0.25, 0.3) is 0 Å². The number of aliphatic hydroxyl groups excluding tert-OH is 1. The van der Waals surface area contributed by atoms with Gasteiger partial charge in [0.15, 0.2) is 0 Å². The molecular formula is C4H14Cl2N2O. The molecule has 0 spiro atoms. The Kier molecular flexibility index (Phi) is 11.9. The van der Waals surface area contributed by atoms with E-state index in [0.29, 0.717) is 0 Å². The van der Waals surface area contributed by atoms with Crippen molar-refractivity contribution in [2.75, 3.05) is 6.61 Å². The van der Waals surface area contributed by atoms with Crippen LogP contribution >= 0.6 is 24.8 Å². The maximum atomic E-state index is 8.45. The van der Waals surface area contributed by atoms with E-state index in [-0.39, 0.29) is 37.0 Å². The van der Waals surface area contributed by atoms with E-state index in [0.717, 1.165) is 0 Å². The highest BCUT2D eigenvalue weighted by Gasteiger charge is 2.11. The normalized spacial score (nSPS) is 9.33. The van der Waals surface area contributed by atoms with E-state index >= 15 is 0 Å². The van der Waals surface area contributed by atoms with Crippen LogP contribution in [0.2, 0.25) is 0 Å². The summed E-state index contributed by atoms with van der Waals surface area (Å²) in [6.07, 6.45) is 0. The monoisotopic (exact) mass is 176 g/mol. The Morgan fingerprint density at radius 3 is 1.78 bits per heavy atom. The van der Waals surface area contributed by atoms with Gasteiger partial charge in [-0.1, -0.05) is 0 Å². The van der Waals surface area contributed by atoms with Crippen molar-refractivity contribution in [1.29, 1.82) is 0 Å². The zero-order chi connectivity index (χ0) is 5.91. The lowest BCUT2D eigenvalue weighted by Gasteiger charge is -2.18.